The maximum Gasteiger partial charge on any atom is 0.222 e. The lowest BCUT2D eigenvalue weighted by Gasteiger charge is -2.18. The van der Waals surface area contributed by atoms with Crippen molar-refractivity contribution < 1.29 is 9.90 Å². The molecule has 0 spiro atoms. The third-order valence-electron chi connectivity index (χ3n) is 3.29. The van der Waals surface area contributed by atoms with Crippen molar-refractivity contribution >= 4 is 5.91 Å². The molecule has 1 amide bonds. The van der Waals surface area contributed by atoms with Crippen LogP contribution in [0.15, 0.2) is 42.7 Å². The molecule has 1 atom stereocenters. The van der Waals surface area contributed by atoms with Gasteiger partial charge < -0.3 is 10.4 Å². The van der Waals surface area contributed by atoms with Gasteiger partial charge in [-0.15, -0.1) is 0 Å². The second-order valence-electron chi connectivity index (χ2n) is 5.07. The van der Waals surface area contributed by atoms with E-state index >= 15 is 0 Å². The molecule has 0 aliphatic heterocycles. The molecule has 5 nitrogen and oxygen atoms in total. The maximum absolute atomic E-state index is 12.0. The fourth-order valence-electron chi connectivity index (χ4n) is 2.21. The molecular weight excluding hydrogens is 266 g/mol. The number of hydrogen-bond donors (Lipinski definition) is 2. The Labute approximate surface area is 124 Å². The molecule has 21 heavy (non-hydrogen) atoms. The lowest BCUT2D eigenvalue weighted by molar-refractivity contribution is -0.122. The van der Waals surface area contributed by atoms with E-state index in [1.807, 2.05) is 43.5 Å². The summed E-state index contributed by atoms with van der Waals surface area (Å²) in [6, 6.07) is 9.55. The van der Waals surface area contributed by atoms with Gasteiger partial charge in [0.2, 0.25) is 5.91 Å². The molecule has 0 saturated heterocycles. The van der Waals surface area contributed by atoms with E-state index in [4.69, 9.17) is 5.11 Å². The average molecular weight is 287 g/mol. The quantitative estimate of drug-likeness (QED) is 0.816. The van der Waals surface area contributed by atoms with Crippen LogP contribution in [0.5, 0.6) is 0 Å². The van der Waals surface area contributed by atoms with Gasteiger partial charge in [-0.1, -0.05) is 30.3 Å². The Hall–Kier alpha value is -2.14. The average Bonchev–Trinajstić information content (AvgIpc) is 2.91. The van der Waals surface area contributed by atoms with Crippen molar-refractivity contribution in [1.82, 2.24) is 15.1 Å². The summed E-state index contributed by atoms with van der Waals surface area (Å²) in [5.74, 6) is -0.0366. The number of hydrogen-bond acceptors (Lipinski definition) is 3. The van der Waals surface area contributed by atoms with Gasteiger partial charge in [-0.2, -0.15) is 5.10 Å². The third-order valence-corrected chi connectivity index (χ3v) is 3.29. The molecule has 1 unspecified atom stereocenters. The van der Waals surface area contributed by atoms with Crippen molar-refractivity contribution in [2.45, 2.75) is 32.4 Å². The predicted molar refractivity (Wildman–Crippen MR) is 80.6 cm³/mol. The number of aliphatic hydroxyl groups is 1. The van der Waals surface area contributed by atoms with Crippen molar-refractivity contribution in [1.29, 1.82) is 0 Å². The van der Waals surface area contributed by atoms with Crippen molar-refractivity contribution in [2.24, 2.45) is 0 Å². The smallest absolute Gasteiger partial charge is 0.222 e. The minimum absolute atomic E-state index is 0.0366. The van der Waals surface area contributed by atoms with E-state index in [2.05, 4.69) is 10.4 Å². The van der Waals surface area contributed by atoms with Crippen molar-refractivity contribution in [3.8, 4) is 0 Å². The number of benzene rings is 1. The van der Waals surface area contributed by atoms with Gasteiger partial charge in [0.1, 0.15) is 0 Å². The van der Waals surface area contributed by atoms with Gasteiger partial charge >= 0.3 is 0 Å². The number of aliphatic hydroxyl groups excluding tert-OH is 1. The maximum atomic E-state index is 12.0. The number of aromatic nitrogens is 2. The fraction of sp³-hybridized carbons (Fsp3) is 0.375. The van der Waals surface area contributed by atoms with Crippen LogP contribution in [0.4, 0.5) is 0 Å². The highest BCUT2D eigenvalue weighted by atomic mass is 16.3. The Bertz CT molecular complexity index is 566. The van der Waals surface area contributed by atoms with E-state index in [1.165, 1.54) is 0 Å². The van der Waals surface area contributed by atoms with Gasteiger partial charge in [-0.3, -0.25) is 9.48 Å². The van der Waals surface area contributed by atoms with Gasteiger partial charge in [0, 0.05) is 25.8 Å². The number of nitrogens with zero attached hydrogens (tertiary/aromatic N) is 2. The second kappa shape index (κ2) is 7.59. The lowest BCUT2D eigenvalue weighted by Crippen LogP contribution is -2.29. The predicted octanol–water partition coefficient (Wildman–Crippen LogP) is 1.82. The SMILES string of the molecule is Cc1cnn(CCC(=O)NC(CCO)c2ccccc2)c1. The van der Waals surface area contributed by atoms with Crippen molar-refractivity contribution in [2.75, 3.05) is 6.61 Å². The number of rotatable bonds is 7. The van der Waals surface area contributed by atoms with Crippen LogP contribution in [0.25, 0.3) is 0 Å². The Balaban J connectivity index is 1.89. The Morgan fingerprint density at radius 2 is 2.14 bits per heavy atom. The molecule has 2 aromatic rings. The van der Waals surface area contributed by atoms with E-state index in [0.29, 0.717) is 19.4 Å². The van der Waals surface area contributed by atoms with Crippen LogP contribution >= 0.6 is 0 Å². The zero-order chi connectivity index (χ0) is 15.1. The summed E-state index contributed by atoms with van der Waals surface area (Å²) in [5.41, 5.74) is 2.09. The van der Waals surface area contributed by atoms with Crippen LogP contribution in [-0.4, -0.2) is 27.4 Å². The summed E-state index contributed by atoms with van der Waals surface area (Å²) >= 11 is 0. The minimum atomic E-state index is -0.150. The van der Waals surface area contributed by atoms with Gasteiger partial charge in [0.05, 0.1) is 12.2 Å². The first-order chi connectivity index (χ1) is 10.2. The summed E-state index contributed by atoms with van der Waals surface area (Å²) in [4.78, 5) is 12.0. The molecule has 112 valence electrons. The number of carbonyl (C=O) groups excluding carboxylic acids is 1. The van der Waals surface area contributed by atoms with Gasteiger partial charge in [0.15, 0.2) is 0 Å². The molecule has 5 heteroatoms. The second-order valence-corrected chi connectivity index (χ2v) is 5.07. The third kappa shape index (κ3) is 4.72. The Kier molecular flexibility index (Phi) is 5.51. The van der Waals surface area contributed by atoms with E-state index in [0.717, 1.165) is 11.1 Å². The fourth-order valence-corrected chi connectivity index (χ4v) is 2.21. The summed E-state index contributed by atoms with van der Waals surface area (Å²) < 4.78 is 1.76. The summed E-state index contributed by atoms with van der Waals surface area (Å²) in [6.45, 7) is 2.56. The van der Waals surface area contributed by atoms with Gasteiger partial charge in [-0.25, -0.2) is 0 Å². The zero-order valence-corrected chi connectivity index (χ0v) is 12.2. The highest BCUT2D eigenvalue weighted by Gasteiger charge is 2.13. The van der Waals surface area contributed by atoms with Crippen LogP contribution in [-0.2, 0) is 11.3 Å². The molecule has 1 aromatic carbocycles. The zero-order valence-electron chi connectivity index (χ0n) is 12.2. The molecule has 2 rings (SSSR count). The van der Waals surface area contributed by atoms with Gasteiger partial charge in [0.25, 0.3) is 0 Å². The summed E-state index contributed by atoms with van der Waals surface area (Å²) in [6.07, 6.45) is 4.57. The number of carbonyl (C=O) groups is 1. The molecule has 1 aromatic heterocycles. The molecule has 0 aliphatic carbocycles. The first-order valence-electron chi connectivity index (χ1n) is 7.13. The molecular formula is C16H21N3O2. The van der Waals surface area contributed by atoms with E-state index in [9.17, 15) is 4.79 Å². The molecule has 0 bridgehead atoms. The largest absolute Gasteiger partial charge is 0.396 e. The normalized spacial score (nSPS) is 12.1. The molecule has 0 saturated carbocycles. The highest BCUT2D eigenvalue weighted by Crippen LogP contribution is 2.16. The number of nitrogens with one attached hydrogen (secondary N) is 1. The van der Waals surface area contributed by atoms with E-state index < -0.39 is 0 Å². The molecule has 1 heterocycles. The first kappa shape index (κ1) is 15.3. The standard InChI is InChI=1S/C16H21N3O2/c1-13-11-17-19(12-13)9-7-16(21)18-15(8-10-20)14-5-3-2-4-6-14/h2-6,11-12,15,20H,7-10H2,1H3,(H,18,21). The van der Waals surface area contributed by atoms with E-state index in [1.54, 1.807) is 10.9 Å². The first-order valence-corrected chi connectivity index (χ1v) is 7.13. The van der Waals surface area contributed by atoms with Crippen LogP contribution in [0, 0.1) is 6.92 Å². The molecule has 0 fully saturated rings. The minimum Gasteiger partial charge on any atom is -0.396 e. The summed E-state index contributed by atoms with van der Waals surface area (Å²) in [7, 11) is 0. The molecule has 0 radical (unpaired) electrons. The molecule has 2 N–H and O–H groups in total. The van der Waals surface area contributed by atoms with Crippen LogP contribution in [0.2, 0.25) is 0 Å². The van der Waals surface area contributed by atoms with Crippen LogP contribution < -0.4 is 5.32 Å². The Morgan fingerprint density at radius 3 is 2.76 bits per heavy atom. The number of aryl methyl sites for hydroxylation is 2. The van der Waals surface area contributed by atoms with Crippen LogP contribution in [0.3, 0.4) is 0 Å². The Morgan fingerprint density at radius 1 is 1.38 bits per heavy atom. The highest BCUT2D eigenvalue weighted by molar-refractivity contribution is 5.76. The lowest BCUT2D eigenvalue weighted by atomic mass is 10.0. The van der Waals surface area contributed by atoms with Crippen molar-refractivity contribution in [3.63, 3.8) is 0 Å². The van der Waals surface area contributed by atoms with Crippen LogP contribution in [0.1, 0.15) is 30.0 Å². The van der Waals surface area contributed by atoms with Gasteiger partial charge in [-0.05, 0) is 24.5 Å². The topological polar surface area (TPSA) is 67.2 Å². The molecule has 0 aliphatic rings. The number of amides is 1. The summed E-state index contributed by atoms with van der Waals surface area (Å²) in [5, 5.41) is 16.3. The monoisotopic (exact) mass is 287 g/mol. The van der Waals surface area contributed by atoms with Crippen molar-refractivity contribution in [3.05, 3.63) is 53.9 Å². The van der Waals surface area contributed by atoms with E-state index in [-0.39, 0.29) is 18.6 Å².